The van der Waals surface area contributed by atoms with Gasteiger partial charge in [0, 0.05) is 25.6 Å². The van der Waals surface area contributed by atoms with Gasteiger partial charge in [0.05, 0.1) is 0 Å². The van der Waals surface area contributed by atoms with E-state index >= 15 is 0 Å². The van der Waals surface area contributed by atoms with E-state index in [4.69, 9.17) is 14.0 Å². The highest BCUT2D eigenvalue weighted by atomic mass is 31.2. The first-order valence-electron chi connectivity index (χ1n) is 11.3. The summed E-state index contributed by atoms with van der Waals surface area (Å²) in [5.41, 5.74) is -2.54. The molecule has 0 bridgehead atoms. The second-order valence-electron chi connectivity index (χ2n) is 9.04. The molecule has 0 aromatic carbocycles. The lowest BCUT2D eigenvalue weighted by atomic mass is 9.91. The molecule has 1 saturated heterocycles. The summed E-state index contributed by atoms with van der Waals surface area (Å²) in [4.78, 5) is 49.7. The van der Waals surface area contributed by atoms with Gasteiger partial charge < -0.3 is 35.0 Å². The van der Waals surface area contributed by atoms with Gasteiger partial charge in [-0.1, -0.05) is 13.8 Å². The summed E-state index contributed by atoms with van der Waals surface area (Å²) in [7, 11) is -4.67. The van der Waals surface area contributed by atoms with Gasteiger partial charge in [0.2, 0.25) is 5.91 Å². The summed E-state index contributed by atoms with van der Waals surface area (Å²) in [6.45, 7) is 7.57. The molecular formula is C21H34N3O11P. The molecule has 1 aromatic heterocycles. The Hall–Kier alpha value is -2.19. The van der Waals surface area contributed by atoms with Gasteiger partial charge in [-0.15, -0.1) is 0 Å². The third-order valence-corrected chi connectivity index (χ3v) is 8.38. The Kier molecular flexibility index (Phi) is 9.22. The maximum absolute atomic E-state index is 12.8. The van der Waals surface area contributed by atoms with E-state index in [1.54, 1.807) is 6.92 Å². The van der Waals surface area contributed by atoms with Crippen molar-refractivity contribution in [1.29, 1.82) is 0 Å². The fourth-order valence-corrected chi connectivity index (χ4v) is 4.94. The lowest BCUT2D eigenvalue weighted by Crippen LogP contribution is -2.49. The number of amides is 1. The maximum atomic E-state index is 12.8. The molecule has 1 aliphatic heterocycles. The Morgan fingerprint density at radius 2 is 1.83 bits per heavy atom. The second-order valence-corrected chi connectivity index (χ2v) is 11.2. The zero-order valence-corrected chi connectivity index (χ0v) is 21.9. The first-order chi connectivity index (χ1) is 16.5. The number of nitrogens with one attached hydrogen (secondary N) is 1. The summed E-state index contributed by atoms with van der Waals surface area (Å²) < 4.78 is 29.9. The highest BCUT2D eigenvalue weighted by Crippen LogP contribution is 2.59. The van der Waals surface area contributed by atoms with Gasteiger partial charge in [-0.3, -0.25) is 23.2 Å². The van der Waals surface area contributed by atoms with Gasteiger partial charge in [0.15, 0.2) is 11.6 Å². The molecule has 0 aliphatic carbocycles. The Morgan fingerprint density at radius 3 is 2.33 bits per heavy atom. The number of hydrogen-bond acceptors (Lipinski definition) is 11. The van der Waals surface area contributed by atoms with Crippen molar-refractivity contribution < 1.29 is 48.4 Å². The van der Waals surface area contributed by atoms with Crippen LogP contribution < -0.4 is 11.0 Å². The van der Waals surface area contributed by atoms with Crippen LogP contribution in [-0.4, -0.2) is 70.9 Å². The molecule has 2 unspecified atom stereocenters. The number of rotatable bonds is 10. The number of aliphatic hydroxyl groups is 3. The standard InChI is InChI=1S/C21H34N3O11P/c1-7-20(5,35-36(31,32)21(6,30)8-2)16-14(27)15(28)18(34-16)24-9-13(10-33-12(4)26)17(22-11(3)25)23-19(24)29/h9,14-16,18,27-28,30H,7-8,10H2,1-6H3,(H,31,32)(H,22,23,25,29)/t14-,15+,16-,18+,20?,21+/m0/s1. The van der Waals surface area contributed by atoms with Crippen molar-refractivity contribution in [2.24, 2.45) is 0 Å². The van der Waals surface area contributed by atoms with E-state index in [-0.39, 0.29) is 30.8 Å². The molecule has 5 N–H and O–H groups in total. The molecule has 14 nitrogen and oxygen atoms in total. The van der Waals surface area contributed by atoms with E-state index < -0.39 is 60.6 Å². The van der Waals surface area contributed by atoms with Crippen LogP contribution in [0.5, 0.6) is 0 Å². The van der Waals surface area contributed by atoms with Crippen LogP contribution in [0.15, 0.2) is 11.0 Å². The smallest absolute Gasteiger partial charge is 0.359 e. The minimum Gasteiger partial charge on any atom is -0.461 e. The van der Waals surface area contributed by atoms with Crippen molar-refractivity contribution >= 4 is 25.3 Å². The third kappa shape index (κ3) is 6.20. The van der Waals surface area contributed by atoms with Crippen molar-refractivity contribution in [2.45, 2.75) is 96.5 Å². The zero-order chi connectivity index (χ0) is 27.6. The van der Waals surface area contributed by atoms with E-state index in [2.05, 4.69) is 10.3 Å². The van der Waals surface area contributed by atoms with Crippen LogP contribution in [0, 0.1) is 0 Å². The number of hydrogen-bond donors (Lipinski definition) is 5. The molecule has 1 aliphatic rings. The maximum Gasteiger partial charge on any atom is 0.359 e. The van der Waals surface area contributed by atoms with Gasteiger partial charge in [-0.05, 0) is 26.7 Å². The fraction of sp³-hybridized carbons (Fsp3) is 0.714. The molecule has 0 saturated carbocycles. The number of aromatic nitrogens is 2. The minimum absolute atomic E-state index is 0.0187. The number of nitrogens with zero attached hydrogens (tertiary/aromatic N) is 2. The molecule has 1 aromatic rings. The summed E-state index contributed by atoms with van der Waals surface area (Å²) in [6, 6.07) is 0. The SMILES string of the molecule is CCC(C)(OP(=O)(O)[C@@](C)(O)CC)[C@H]1O[C@@H](n2cc(COC(C)=O)c(NC(C)=O)nc2=O)[C@H](O)[C@@H]1O. The topological polar surface area (TPSA) is 207 Å². The van der Waals surface area contributed by atoms with Crippen LogP contribution >= 0.6 is 7.60 Å². The van der Waals surface area contributed by atoms with Gasteiger partial charge in [0.25, 0.3) is 0 Å². The number of ether oxygens (including phenoxy) is 2. The second kappa shape index (κ2) is 11.1. The van der Waals surface area contributed by atoms with Crippen LogP contribution in [-0.2, 0) is 34.8 Å². The lowest BCUT2D eigenvalue weighted by molar-refractivity contribution is -0.142. The summed E-state index contributed by atoms with van der Waals surface area (Å²) in [5, 5.41) is 32.1. The number of esters is 1. The van der Waals surface area contributed by atoms with E-state index in [1.165, 1.54) is 20.8 Å². The van der Waals surface area contributed by atoms with Crippen LogP contribution in [0.2, 0.25) is 0 Å². The van der Waals surface area contributed by atoms with Crippen molar-refractivity contribution in [3.63, 3.8) is 0 Å². The number of aliphatic hydroxyl groups excluding tert-OH is 2. The van der Waals surface area contributed by atoms with Crippen molar-refractivity contribution in [3.05, 3.63) is 22.2 Å². The van der Waals surface area contributed by atoms with Gasteiger partial charge >= 0.3 is 19.3 Å². The Labute approximate surface area is 207 Å². The van der Waals surface area contributed by atoms with E-state index in [0.29, 0.717) is 0 Å². The first kappa shape index (κ1) is 30.0. The highest BCUT2D eigenvalue weighted by molar-refractivity contribution is 7.54. The van der Waals surface area contributed by atoms with Crippen LogP contribution in [0.4, 0.5) is 5.82 Å². The first-order valence-corrected chi connectivity index (χ1v) is 12.9. The zero-order valence-electron chi connectivity index (χ0n) is 21.0. The third-order valence-electron chi connectivity index (χ3n) is 6.18. The quantitative estimate of drug-likeness (QED) is 0.203. The largest absolute Gasteiger partial charge is 0.461 e. The Balaban J connectivity index is 2.47. The van der Waals surface area contributed by atoms with Gasteiger partial charge in [-0.2, -0.15) is 4.98 Å². The molecular weight excluding hydrogens is 501 g/mol. The van der Waals surface area contributed by atoms with Crippen molar-refractivity contribution in [2.75, 3.05) is 5.32 Å². The van der Waals surface area contributed by atoms with Crippen molar-refractivity contribution in [1.82, 2.24) is 9.55 Å². The highest BCUT2D eigenvalue weighted by Gasteiger charge is 2.56. The summed E-state index contributed by atoms with van der Waals surface area (Å²) in [5.74, 6) is -1.34. The van der Waals surface area contributed by atoms with Crippen LogP contribution in [0.3, 0.4) is 0 Å². The summed E-state index contributed by atoms with van der Waals surface area (Å²) in [6.07, 6.45) is -5.25. The van der Waals surface area contributed by atoms with E-state index in [1.807, 2.05) is 0 Å². The summed E-state index contributed by atoms with van der Waals surface area (Å²) >= 11 is 0. The van der Waals surface area contributed by atoms with Crippen molar-refractivity contribution in [3.8, 4) is 0 Å². The van der Waals surface area contributed by atoms with Gasteiger partial charge in [0.1, 0.15) is 36.3 Å². The van der Waals surface area contributed by atoms with E-state index in [9.17, 15) is 39.2 Å². The average molecular weight is 535 g/mol. The molecule has 15 heteroatoms. The molecule has 0 spiro atoms. The number of carbonyl (C=O) groups excluding carboxylic acids is 2. The number of anilines is 1. The minimum atomic E-state index is -4.67. The predicted octanol–water partition coefficient (Wildman–Crippen LogP) is 0.373. The molecule has 1 fully saturated rings. The normalized spacial score (nSPS) is 26.9. The fourth-order valence-electron chi connectivity index (χ4n) is 3.54. The Bertz CT molecular complexity index is 1090. The molecule has 36 heavy (non-hydrogen) atoms. The molecule has 0 radical (unpaired) electrons. The molecule has 1 amide bonds. The molecule has 7 atom stereocenters. The predicted molar refractivity (Wildman–Crippen MR) is 125 cm³/mol. The van der Waals surface area contributed by atoms with Crippen LogP contribution in [0.25, 0.3) is 0 Å². The Morgan fingerprint density at radius 1 is 1.22 bits per heavy atom. The molecule has 2 rings (SSSR count). The number of carbonyl (C=O) groups is 2. The molecule has 204 valence electrons. The van der Waals surface area contributed by atoms with Gasteiger partial charge in [-0.25, -0.2) is 4.79 Å². The monoisotopic (exact) mass is 535 g/mol. The lowest BCUT2D eigenvalue weighted by Gasteiger charge is -2.39. The van der Waals surface area contributed by atoms with Crippen LogP contribution in [0.1, 0.15) is 66.2 Å². The average Bonchev–Trinajstić information content (AvgIpc) is 3.07. The van der Waals surface area contributed by atoms with E-state index in [0.717, 1.165) is 24.6 Å². The molecule has 2 heterocycles.